The summed E-state index contributed by atoms with van der Waals surface area (Å²) in [5.41, 5.74) is 2.95. The zero-order valence-corrected chi connectivity index (χ0v) is 14.6. The molecule has 1 aromatic heterocycles. The number of amides is 1. The molecular formula is C19H14ClN5O. The number of anilines is 3. The molecule has 2 N–H and O–H groups in total. The third-order valence-electron chi connectivity index (χ3n) is 3.59. The lowest BCUT2D eigenvalue weighted by molar-refractivity contribution is 0.102. The zero-order valence-electron chi connectivity index (χ0n) is 13.8. The molecule has 26 heavy (non-hydrogen) atoms. The molecule has 0 fully saturated rings. The van der Waals surface area contributed by atoms with Crippen LogP contribution in [0.15, 0.2) is 54.6 Å². The van der Waals surface area contributed by atoms with Crippen molar-refractivity contribution in [2.45, 2.75) is 6.92 Å². The monoisotopic (exact) mass is 363 g/mol. The summed E-state index contributed by atoms with van der Waals surface area (Å²) in [5, 5.41) is 23.2. The molecule has 0 atom stereocenters. The molecule has 0 saturated carbocycles. The van der Waals surface area contributed by atoms with E-state index in [1.54, 1.807) is 42.5 Å². The van der Waals surface area contributed by atoms with Crippen molar-refractivity contribution >= 4 is 34.7 Å². The third kappa shape index (κ3) is 4.15. The molecule has 2 aromatic carbocycles. The van der Waals surface area contributed by atoms with Gasteiger partial charge in [0, 0.05) is 16.4 Å². The number of benzene rings is 2. The van der Waals surface area contributed by atoms with E-state index in [-0.39, 0.29) is 11.6 Å². The van der Waals surface area contributed by atoms with Gasteiger partial charge in [-0.05, 0) is 55.0 Å². The molecule has 0 aliphatic carbocycles. The number of nitrogens with zero attached hydrogens (tertiary/aromatic N) is 3. The standard InChI is InChI=1S/C19H14ClN5O/c1-12-5-6-15(10-16(12)20)23-19(26)17-7-8-18(25-24-17)22-14-4-2-3-13(9-14)11-21/h2-10H,1H3,(H,22,25)(H,23,26). The molecule has 128 valence electrons. The van der Waals surface area contributed by atoms with Gasteiger partial charge in [-0.15, -0.1) is 10.2 Å². The molecule has 0 saturated heterocycles. The Morgan fingerprint density at radius 3 is 2.62 bits per heavy atom. The Hall–Kier alpha value is -3.43. The fourth-order valence-corrected chi connectivity index (χ4v) is 2.38. The van der Waals surface area contributed by atoms with E-state index in [9.17, 15) is 4.79 Å². The smallest absolute Gasteiger partial charge is 0.276 e. The number of carbonyl (C=O) groups excluding carboxylic acids is 1. The van der Waals surface area contributed by atoms with Gasteiger partial charge in [0.25, 0.3) is 5.91 Å². The highest BCUT2D eigenvalue weighted by atomic mass is 35.5. The first kappa shape index (κ1) is 17.4. The summed E-state index contributed by atoms with van der Waals surface area (Å²) in [7, 11) is 0. The molecule has 3 aromatic rings. The first-order chi connectivity index (χ1) is 12.5. The molecule has 0 aliphatic rings. The van der Waals surface area contributed by atoms with Crippen LogP contribution in [0.4, 0.5) is 17.2 Å². The number of hydrogen-bond acceptors (Lipinski definition) is 5. The lowest BCUT2D eigenvalue weighted by atomic mass is 10.2. The first-order valence-electron chi connectivity index (χ1n) is 7.73. The molecule has 3 rings (SSSR count). The van der Waals surface area contributed by atoms with Crippen molar-refractivity contribution in [1.29, 1.82) is 5.26 Å². The van der Waals surface area contributed by atoms with Crippen molar-refractivity contribution in [3.8, 4) is 6.07 Å². The van der Waals surface area contributed by atoms with E-state index in [1.807, 2.05) is 19.1 Å². The minimum absolute atomic E-state index is 0.179. The van der Waals surface area contributed by atoms with Crippen LogP contribution in [-0.2, 0) is 0 Å². The largest absolute Gasteiger partial charge is 0.339 e. The molecule has 1 heterocycles. The van der Waals surface area contributed by atoms with Gasteiger partial charge in [0.05, 0.1) is 11.6 Å². The second-order valence-electron chi connectivity index (χ2n) is 5.54. The van der Waals surface area contributed by atoms with E-state index < -0.39 is 0 Å². The topological polar surface area (TPSA) is 90.7 Å². The van der Waals surface area contributed by atoms with E-state index in [2.05, 4.69) is 26.9 Å². The Bertz CT molecular complexity index is 996. The summed E-state index contributed by atoms with van der Waals surface area (Å²) in [5.74, 6) is 0.0884. The Balaban J connectivity index is 1.69. The van der Waals surface area contributed by atoms with Crippen molar-refractivity contribution in [2.75, 3.05) is 10.6 Å². The van der Waals surface area contributed by atoms with Crippen LogP contribution in [0.5, 0.6) is 0 Å². The van der Waals surface area contributed by atoms with Gasteiger partial charge in [-0.1, -0.05) is 23.7 Å². The molecule has 0 aliphatic heterocycles. The third-order valence-corrected chi connectivity index (χ3v) is 4.00. The highest BCUT2D eigenvalue weighted by Crippen LogP contribution is 2.20. The highest BCUT2D eigenvalue weighted by Gasteiger charge is 2.10. The van der Waals surface area contributed by atoms with E-state index in [0.29, 0.717) is 27.8 Å². The van der Waals surface area contributed by atoms with Gasteiger partial charge in [-0.2, -0.15) is 5.26 Å². The number of aromatic nitrogens is 2. The maximum absolute atomic E-state index is 12.3. The zero-order chi connectivity index (χ0) is 18.5. The Kier molecular flexibility index (Phi) is 5.11. The summed E-state index contributed by atoms with van der Waals surface area (Å²) in [6.07, 6.45) is 0. The lowest BCUT2D eigenvalue weighted by Gasteiger charge is -2.07. The minimum Gasteiger partial charge on any atom is -0.339 e. The van der Waals surface area contributed by atoms with Crippen LogP contribution >= 0.6 is 11.6 Å². The predicted octanol–water partition coefficient (Wildman–Crippen LogP) is 4.31. The number of hydrogen-bond donors (Lipinski definition) is 2. The molecule has 0 bridgehead atoms. The molecule has 0 radical (unpaired) electrons. The second kappa shape index (κ2) is 7.64. The molecular weight excluding hydrogens is 350 g/mol. The van der Waals surface area contributed by atoms with Crippen molar-refractivity contribution in [1.82, 2.24) is 10.2 Å². The van der Waals surface area contributed by atoms with Crippen LogP contribution in [-0.4, -0.2) is 16.1 Å². The van der Waals surface area contributed by atoms with Crippen LogP contribution < -0.4 is 10.6 Å². The predicted molar refractivity (Wildman–Crippen MR) is 101 cm³/mol. The van der Waals surface area contributed by atoms with Crippen molar-refractivity contribution < 1.29 is 4.79 Å². The molecule has 7 heteroatoms. The van der Waals surface area contributed by atoms with Crippen molar-refractivity contribution in [3.63, 3.8) is 0 Å². The SMILES string of the molecule is Cc1ccc(NC(=O)c2ccc(Nc3cccc(C#N)c3)nn2)cc1Cl. The van der Waals surface area contributed by atoms with Crippen LogP contribution in [0.25, 0.3) is 0 Å². The Labute approximate surface area is 155 Å². The summed E-state index contributed by atoms with van der Waals surface area (Å²) in [6.45, 7) is 1.89. The van der Waals surface area contributed by atoms with Crippen molar-refractivity contribution in [3.05, 3.63) is 76.4 Å². The number of rotatable bonds is 4. The molecule has 6 nitrogen and oxygen atoms in total. The summed E-state index contributed by atoms with van der Waals surface area (Å²) >= 11 is 6.06. The van der Waals surface area contributed by atoms with Gasteiger partial charge in [-0.3, -0.25) is 4.79 Å². The van der Waals surface area contributed by atoms with Gasteiger partial charge in [0.1, 0.15) is 0 Å². The Morgan fingerprint density at radius 2 is 1.92 bits per heavy atom. The average molecular weight is 364 g/mol. The van der Waals surface area contributed by atoms with E-state index in [0.717, 1.165) is 5.56 Å². The summed E-state index contributed by atoms with van der Waals surface area (Å²) in [6, 6.07) is 17.5. The fraction of sp³-hybridized carbons (Fsp3) is 0.0526. The van der Waals surface area contributed by atoms with Crippen LogP contribution in [0, 0.1) is 18.3 Å². The molecule has 0 unspecified atom stereocenters. The number of nitrogens with one attached hydrogen (secondary N) is 2. The highest BCUT2D eigenvalue weighted by molar-refractivity contribution is 6.31. The number of aryl methyl sites for hydroxylation is 1. The van der Waals surface area contributed by atoms with Crippen LogP contribution in [0.1, 0.15) is 21.6 Å². The van der Waals surface area contributed by atoms with E-state index in [1.165, 1.54) is 0 Å². The average Bonchev–Trinajstić information content (AvgIpc) is 2.65. The maximum Gasteiger partial charge on any atom is 0.276 e. The lowest BCUT2D eigenvalue weighted by Crippen LogP contribution is -2.14. The maximum atomic E-state index is 12.3. The van der Waals surface area contributed by atoms with Gasteiger partial charge in [0.15, 0.2) is 11.5 Å². The van der Waals surface area contributed by atoms with Gasteiger partial charge in [-0.25, -0.2) is 0 Å². The van der Waals surface area contributed by atoms with Crippen molar-refractivity contribution in [2.24, 2.45) is 0 Å². The fourth-order valence-electron chi connectivity index (χ4n) is 2.20. The summed E-state index contributed by atoms with van der Waals surface area (Å²) < 4.78 is 0. The van der Waals surface area contributed by atoms with Crippen LogP contribution in [0.2, 0.25) is 5.02 Å². The van der Waals surface area contributed by atoms with E-state index >= 15 is 0 Å². The van der Waals surface area contributed by atoms with Crippen LogP contribution in [0.3, 0.4) is 0 Å². The number of halogens is 1. The number of carbonyl (C=O) groups is 1. The summed E-state index contributed by atoms with van der Waals surface area (Å²) in [4.78, 5) is 12.3. The van der Waals surface area contributed by atoms with Gasteiger partial charge >= 0.3 is 0 Å². The van der Waals surface area contributed by atoms with E-state index in [4.69, 9.17) is 16.9 Å². The number of nitriles is 1. The van der Waals surface area contributed by atoms with Gasteiger partial charge in [0.2, 0.25) is 0 Å². The first-order valence-corrected chi connectivity index (χ1v) is 8.11. The quantitative estimate of drug-likeness (QED) is 0.720. The Morgan fingerprint density at radius 1 is 1.08 bits per heavy atom. The normalized spacial score (nSPS) is 10.0. The minimum atomic E-state index is -0.379. The molecule has 0 spiro atoms. The molecule has 1 amide bonds. The second-order valence-corrected chi connectivity index (χ2v) is 5.95. The van der Waals surface area contributed by atoms with Gasteiger partial charge < -0.3 is 10.6 Å².